The molecule has 0 radical (unpaired) electrons. The number of β-lactam (4-membered cyclic amide) rings is 1. The summed E-state index contributed by atoms with van der Waals surface area (Å²) < 4.78 is 0. The van der Waals surface area contributed by atoms with Crippen LogP contribution in [0.15, 0.2) is 40.1 Å². The molecule has 1 aromatic rings. The highest BCUT2D eigenvalue weighted by Gasteiger charge is 2.57. The number of carboxylic acids is 1. The second-order valence-electron chi connectivity index (χ2n) is 6.26. The second-order valence-corrected chi connectivity index (χ2v) is 8.77. The van der Waals surface area contributed by atoms with Crippen LogP contribution in [-0.4, -0.2) is 55.8 Å². The molecule has 0 aromatic heterocycles. The average molecular weight is 475 g/mol. The molecule has 3 rings (SSSR count). The Morgan fingerprint density at radius 1 is 1.38 bits per heavy atom. The minimum Gasteiger partial charge on any atom is -0.477 e. The van der Waals surface area contributed by atoms with Crippen molar-refractivity contribution >= 4 is 71.2 Å². The number of carbonyl (C=O) groups is 3. The van der Waals surface area contributed by atoms with Crippen molar-refractivity contribution in [3.05, 3.63) is 45.6 Å². The zero-order chi connectivity index (χ0) is 21.5. The maximum Gasteiger partial charge on any atom is 0.353 e. The third-order valence-corrected chi connectivity index (χ3v) is 6.92. The van der Waals surface area contributed by atoms with Gasteiger partial charge >= 0.3 is 5.97 Å². The molecular weight excluding hydrogens is 459 g/mol. The Balaban J connectivity index is 1.87. The predicted octanol–water partition coefficient (Wildman–Crippen LogP) is 2.25. The van der Waals surface area contributed by atoms with Crippen LogP contribution in [0.25, 0.3) is 0 Å². The number of thioether (sulfide) groups is 1. The van der Waals surface area contributed by atoms with Gasteiger partial charge in [0.2, 0.25) is 5.91 Å². The van der Waals surface area contributed by atoms with E-state index in [1.807, 2.05) is 0 Å². The fourth-order valence-electron chi connectivity index (χ4n) is 2.98. The van der Waals surface area contributed by atoms with Crippen molar-refractivity contribution in [3.8, 4) is 0 Å². The summed E-state index contributed by atoms with van der Waals surface area (Å²) >= 11 is 17.5. The van der Waals surface area contributed by atoms with E-state index in [1.165, 1.54) is 18.7 Å². The highest BCUT2D eigenvalue weighted by atomic mass is 35.5. The van der Waals surface area contributed by atoms with E-state index in [0.29, 0.717) is 10.6 Å². The van der Waals surface area contributed by atoms with Gasteiger partial charge in [-0.15, -0.1) is 11.8 Å². The summed E-state index contributed by atoms with van der Waals surface area (Å²) in [5, 5.41) is 13.8. The molecule has 2 aliphatic rings. The van der Waals surface area contributed by atoms with Crippen LogP contribution in [0, 0.1) is 0 Å². The lowest BCUT2D eigenvalue weighted by Crippen LogP contribution is -2.70. The number of hydrogen-bond acceptors (Lipinski definition) is 6. The Morgan fingerprint density at radius 3 is 2.55 bits per heavy atom. The molecule has 0 bridgehead atoms. The lowest BCUT2D eigenvalue weighted by molar-refractivity contribution is -0.159. The first kappa shape index (κ1) is 21.8. The molecule has 1 aromatic carbocycles. The highest BCUT2D eigenvalue weighted by Crippen LogP contribution is 2.43. The maximum atomic E-state index is 12.7. The van der Waals surface area contributed by atoms with Gasteiger partial charge in [0.15, 0.2) is 6.04 Å². The quantitative estimate of drug-likeness (QED) is 0.198. The van der Waals surface area contributed by atoms with Gasteiger partial charge in [-0.05, 0) is 17.7 Å². The SMILES string of the molecule is CC(=O)N(N=C(N)C(S)c1ccc(Cl)cc1)C1C(=O)N2C(C(=O)O)=C(Cl)CS[C@H]12. The standard InChI is InChI=1S/C17H16Cl2N4O4S2/c1-7(24)23(21-14(20)13(28)8-2-4-9(18)5-3-8)12-15(25)22-11(17(26)27)10(19)6-29-16(12)22/h2-5,12-13,16,28H,6H2,1H3,(H2,20,21)(H,26,27)/t12?,13?,16-/m1/s1. The average Bonchev–Trinajstić information content (AvgIpc) is 2.67. The van der Waals surface area contributed by atoms with E-state index in [-0.39, 0.29) is 22.3 Å². The van der Waals surface area contributed by atoms with E-state index in [0.717, 1.165) is 9.91 Å². The Labute approximate surface area is 186 Å². The van der Waals surface area contributed by atoms with Crippen LogP contribution in [0.2, 0.25) is 5.02 Å². The molecule has 0 spiro atoms. The van der Waals surface area contributed by atoms with Gasteiger partial charge in [0.05, 0.1) is 10.3 Å². The zero-order valence-corrected chi connectivity index (χ0v) is 18.2. The first-order valence-corrected chi connectivity index (χ1v) is 10.6. The number of fused-ring (bicyclic) bond motifs is 1. The molecule has 29 heavy (non-hydrogen) atoms. The van der Waals surface area contributed by atoms with Crippen LogP contribution < -0.4 is 5.73 Å². The summed E-state index contributed by atoms with van der Waals surface area (Å²) in [5.41, 5.74) is 6.48. The molecule has 2 amide bonds. The number of amidine groups is 1. The van der Waals surface area contributed by atoms with Gasteiger partial charge in [-0.25, -0.2) is 9.80 Å². The number of benzene rings is 1. The molecule has 154 valence electrons. The van der Waals surface area contributed by atoms with Gasteiger partial charge in [-0.1, -0.05) is 35.3 Å². The van der Waals surface area contributed by atoms with Crippen LogP contribution in [0.3, 0.4) is 0 Å². The lowest BCUT2D eigenvalue weighted by atomic mass is 10.0. The first-order valence-electron chi connectivity index (χ1n) is 8.27. The summed E-state index contributed by atoms with van der Waals surface area (Å²) in [6, 6.07) is 5.80. The number of aliphatic carboxylic acids is 1. The summed E-state index contributed by atoms with van der Waals surface area (Å²) in [6.07, 6.45) is 0. The molecule has 8 nitrogen and oxygen atoms in total. The predicted molar refractivity (Wildman–Crippen MR) is 115 cm³/mol. The van der Waals surface area contributed by atoms with Crippen LogP contribution in [0.4, 0.5) is 0 Å². The van der Waals surface area contributed by atoms with Crippen molar-refractivity contribution in [2.75, 3.05) is 5.75 Å². The van der Waals surface area contributed by atoms with Gasteiger partial charge in [0.1, 0.15) is 16.9 Å². The molecule has 2 aliphatic heterocycles. The van der Waals surface area contributed by atoms with Crippen molar-refractivity contribution < 1.29 is 19.5 Å². The number of hydrogen-bond donors (Lipinski definition) is 3. The monoisotopic (exact) mass is 474 g/mol. The topological polar surface area (TPSA) is 116 Å². The number of thiol groups is 1. The van der Waals surface area contributed by atoms with E-state index >= 15 is 0 Å². The molecule has 1 saturated heterocycles. The molecule has 1 fully saturated rings. The van der Waals surface area contributed by atoms with Gasteiger partial charge in [0.25, 0.3) is 5.91 Å². The van der Waals surface area contributed by atoms with Gasteiger partial charge in [-0.3, -0.25) is 14.5 Å². The Hall–Kier alpha value is -1.88. The van der Waals surface area contributed by atoms with Crippen molar-refractivity contribution in [3.63, 3.8) is 0 Å². The number of amides is 2. The van der Waals surface area contributed by atoms with Gasteiger partial charge in [-0.2, -0.15) is 17.7 Å². The smallest absolute Gasteiger partial charge is 0.353 e. The van der Waals surface area contributed by atoms with Crippen LogP contribution in [0.1, 0.15) is 17.7 Å². The number of carboxylic acid groups (broad SMARTS) is 1. The second kappa shape index (κ2) is 8.47. The number of carbonyl (C=O) groups excluding carboxylic acids is 2. The molecule has 2 unspecified atom stereocenters. The molecule has 0 aliphatic carbocycles. The molecule has 0 saturated carbocycles. The number of nitrogens with two attached hydrogens (primary N) is 1. The van der Waals surface area contributed by atoms with Crippen LogP contribution >= 0.6 is 47.6 Å². The van der Waals surface area contributed by atoms with Crippen LogP contribution in [0.5, 0.6) is 0 Å². The van der Waals surface area contributed by atoms with E-state index in [9.17, 15) is 19.5 Å². The fraction of sp³-hybridized carbons (Fsp3) is 0.294. The number of nitrogens with zero attached hydrogens (tertiary/aromatic N) is 3. The van der Waals surface area contributed by atoms with Crippen molar-refractivity contribution in [2.45, 2.75) is 23.6 Å². The van der Waals surface area contributed by atoms with Gasteiger partial charge in [0, 0.05) is 17.7 Å². The fourth-order valence-corrected chi connectivity index (χ4v) is 4.91. The van der Waals surface area contributed by atoms with Crippen molar-refractivity contribution in [1.29, 1.82) is 0 Å². The minimum absolute atomic E-state index is 0.00458. The van der Waals surface area contributed by atoms with Crippen LogP contribution in [-0.2, 0) is 14.4 Å². The summed E-state index contributed by atoms with van der Waals surface area (Å²) in [5.74, 6) is -2.20. The van der Waals surface area contributed by atoms with E-state index < -0.39 is 34.4 Å². The maximum absolute atomic E-state index is 12.7. The summed E-state index contributed by atoms with van der Waals surface area (Å²) in [4.78, 5) is 37.4. The number of rotatable bonds is 5. The largest absolute Gasteiger partial charge is 0.477 e. The molecular formula is C17H16Cl2N4O4S2. The van der Waals surface area contributed by atoms with E-state index in [1.54, 1.807) is 24.3 Å². The summed E-state index contributed by atoms with van der Waals surface area (Å²) in [6.45, 7) is 1.25. The minimum atomic E-state index is -1.30. The van der Waals surface area contributed by atoms with Crippen molar-refractivity contribution in [2.24, 2.45) is 10.8 Å². The first-order chi connectivity index (χ1) is 13.6. The number of hydrazone groups is 1. The third-order valence-electron chi connectivity index (χ3n) is 4.37. The number of halogens is 2. The summed E-state index contributed by atoms with van der Waals surface area (Å²) in [7, 11) is 0. The Bertz CT molecular complexity index is 938. The highest BCUT2D eigenvalue weighted by molar-refractivity contribution is 8.00. The third kappa shape index (κ3) is 4.07. The zero-order valence-electron chi connectivity index (χ0n) is 15.0. The Kier molecular flexibility index (Phi) is 6.37. The molecule has 2 heterocycles. The molecule has 12 heteroatoms. The van der Waals surface area contributed by atoms with Gasteiger partial charge < -0.3 is 10.8 Å². The Morgan fingerprint density at radius 2 is 2.00 bits per heavy atom. The lowest BCUT2D eigenvalue weighted by Gasteiger charge is -2.50. The van der Waals surface area contributed by atoms with E-state index in [4.69, 9.17) is 28.9 Å². The van der Waals surface area contributed by atoms with E-state index in [2.05, 4.69) is 17.7 Å². The molecule has 3 atom stereocenters. The normalized spacial score (nSPS) is 22.7. The van der Waals surface area contributed by atoms with Crippen molar-refractivity contribution in [1.82, 2.24) is 9.91 Å². The molecule has 3 N–H and O–H groups in total.